The van der Waals surface area contributed by atoms with E-state index >= 15 is 0 Å². The Kier molecular flexibility index (Phi) is 6.97. The summed E-state index contributed by atoms with van der Waals surface area (Å²) in [5, 5.41) is 8.97. The normalized spacial score (nSPS) is 11.0. The van der Waals surface area contributed by atoms with Crippen LogP contribution in [0.4, 0.5) is 10.1 Å². The van der Waals surface area contributed by atoms with Crippen LogP contribution in [0, 0.1) is 5.82 Å². The van der Waals surface area contributed by atoms with Gasteiger partial charge in [0.1, 0.15) is 11.5 Å². The van der Waals surface area contributed by atoms with Crippen molar-refractivity contribution in [3.63, 3.8) is 0 Å². The summed E-state index contributed by atoms with van der Waals surface area (Å²) in [5.74, 6) is -1.86. The van der Waals surface area contributed by atoms with Crippen LogP contribution in [0.5, 0.6) is 0 Å². The second-order valence-corrected chi connectivity index (χ2v) is 8.16. The Hall–Kier alpha value is -3.75. The summed E-state index contributed by atoms with van der Waals surface area (Å²) in [6, 6.07) is 17.3. The number of para-hydroxylation sites is 1. The predicted octanol–water partition coefficient (Wildman–Crippen LogP) is 5.59. The topological polar surface area (TPSA) is 73.2 Å². The number of amides is 1. The summed E-state index contributed by atoms with van der Waals surface area (Å²) >= 11 is 7.23. The molecule has 0 radical (unpaired) electrons. The monoisotopic (exact) mass is 481 g/mol. The van der Waals surface area contributed by atoms with E-state index in [4.69, 9.17) is 16.3 Å². The molecule has 2 aromatic carbocycles. The molecule has 4 aromatic rings. The third-order valence-corrected chi connectivity index (χ3v) is 5.63. The van der Waals surface area contributed by atoms with E-state index in [-0.39, 0.29) is 5.02 Å². The van der Waals surface area contributed by atoms with Crippen LogP contribution in [0.2, 0.25) is 5.02 Å². The number of nitrogens with one attached hydrogen (secondary N) is 1. The number of hydrogen-bond donors (Lipinski definition) is 1. The van der Waals surface area contributed by atoms with Crippen molar-refractivity contribution >= 4 is 46.6 Å². The number of carbonyl (C=O) groups excluding carboxylic acids is 2. The number of aromatic nitrogens is 2. The zero-order valence-electron chi connectivity index (χ0n) is 17.1. The maximum atomic E-state index is 13.2. The van der Waals surface area contributed by atoms with E-state index in [1.54, 1.807) is 10.8 Å². The summed E-state index contributed by atoms with van der Waals surface area (Å²) in [4.78, 5) is 25.1. The molecule has 33 heavy (non-hydrogen) atoms. The van der Waals surface area contributed by atoms with E-state index in [9.17, 15) is 14.0 Å². The SMILES string of the molecule is O=C(COC(=O)C=Cc1cn(-c2ccccc2)nc1-c1cccs1)Nc1ccc(F)c(Cl)c1. The quantitative estimate of drug-likeness (QED) is 0.276. The number of anilines is 1. The molecule has 0 aliphatic rings. The number of carbonyl (C=O) groups is 2. The molecular weight excluding hydrogens is 465 g/mol. The molecule has 2 aromatic heterocycles. The van der Waals surface area contributed by atoms with Crippen molar-refractivity contribution in [3.05, 3.63) is 94.7 Å². The molecule has 0 saturated heterocycles. The fourth-order valence-electron chi connectivity index (χ4n) is 2.94. The Morgan fingerprint density at radius 1 is 1.15 bits per heavy atom. The van der Waals surface area contributed by atoms with Gasteiger partial charge in [0.15, 0.2) is 6.61 Å². The minimum Gasteiger partial charge on any atom is -0.452 e. The van der Waals surface area contributed by atoms with Crippen LogP contribution in [-0.4, -0.2) is 28.3 Å². The molecule has 0 aliphatic carbocycles. The lowest BCUT2D eigenvalue weighted by Gasteiger charge is -2.06. The molecule has 0 bridgehead atoms. The van der Waals surface area contributed by atoms with Crippen molar-refractivity contribution in [1.29, 1.82) is 0 Å². The van der Waals surface area contributed by atoms with Crippen LogP contribution in [0.3, 0.4) is 0 Å². The summed E-state index contributed by atoms with van der Waals surface area (Å²) in [6.07, 6.45) is 4.66. The Morgan fingerprint density at radius 3 is 2.70 bits per heavy atom. The van der Waals surface area contributed by atoms with Gasteiger partial charge >= 0.3 is 5.97 Å². The predicted molar refractivity (Wildman–Crippen MR) is 127 cm³/mol. The molecular formula is C24H17ClFN3O3S. The van der Waals surface area contributed by atoms with Gasteiger partial charge in [0.25, 0.3) is 5.91 Å². The number of rotatable bonds is 7. The number of hydrogen-bond acceptors (Lipinski definition) is 5. The lowest BCUT2D eigenvalue weighted by Crippen LogP contribution is -2.20. The zero-order valence-corrected chi connectivity index (χ0v) is 18.6. The van der Waals surface area contributed by atoms with Crippen LogP contribution in [0.1, 0.15) is 5.56 Å². The van der Waals surface area contributed by atoms with Gasteiger partial charge in [-0.3, -0.25) is 4.79 Å². The van der Waals surface area contributed by atoms with E-state index in [0.29, 0.717) is 5.69 Å². The van der Waals surface area contributed by atoms with E-state index in [0.717, 1.165) is 27.9 Å². The van der Waals surface area contributed by atoms with Crippen molar-refractivity contribution in [2.75, 3.05) is 11.9 Å². The van der Waals surface area contributed by atoms with Gasteiger partial charge < -0.3 is 10.1 Å². The van der Waals surface area contributed by atoms with Crippen molar-refractivity contribution < 1.29 is 18.7 Å². The lowest BCUT2D eigenvalue weighted by atomic mass is 10.2. The van der Waals surface area contributed by atoms with Crippen molar-refractivity contribution in [1.82, 2.24) is 9.78 Å². The van der Waals surface area contributed by atoms with Crippen LogP contribution < -0.4 is 5.32 Å². The minimum atomic E-state index is -0.688. The highest BCUT2D eigenvalue weighted by molar-refractivity contribution is 7.13. The van der Waals surface area contributed by atoms with Crippen LogP contribution in [0.15, 0.2) is 78.3 Å². The van der Waals surface area contributed by atoms with Gasteiger partial charge in [0.05, 0.1) is 15.6 Å². The first-order chi connectivity index (χ1) is 16.0. The third kappa shape index (κ3) is 5.74. The number of nitrogens with zero attached hydrogens (tertiary/aromatic N) is 2. The summed E-state index contributed by atoms with van der Waals surface area (Å²) < 4.78 is 19.9. The second-order valence-electron chi connectivity index (χ2n) is 6.81. The van der Waals surface area contributed by atoms with E-state index in [1.807, 2.05) is 54.0 Å². The van der Waals surface area contributed by atoms with Gasteiger partial charge in [-0.2, -0.15) is 5.10 Å². The van der Waals surface area contributed by atoms with Gasteiger partial charge in [0, 0.05) is 23.5 Å². The lowest BCUT2D eigenvalue weighted by molar-refractivity contribution is -0.142. The molecule has 0 saturated carbocycles. The number of esters is 1. The molecule has 0 fully saturated rings. The summed E-state index contributed by atoms with van der Waals surface area (Å²) in [7, 11) is 0. The molecule has 0 aliphatic heterocycles. The maximum Gasteiger partial charge on any atom is 0.331 e. The molecule has 0 atom stereocenters. The molecule has 0 spiro atoms. The number of halogens is 2. The van der Waals surface area contributed by atoms with E-state index in [2.05, 4.69) is 10.4 Å². The highest BCUT2D eigenvalue weighted by Gasteiger charge is 2.12. The van der Waals surface area contributed by atoms with Gasteiger partial charge in [0.2, 0.25) is 0 Å². The van der Waals surface area contributed by atoms with Crippen molar-refractivity contribution in [3.8, 4) is 16.3 Å². The molecule has 1 amide bonds. The zero-order chi connectivity index (χ0) is 23.2. The van der Waals surface area contributed by atoms with Crippen LogP contribution >= 0.6 is 22.9 Å². The molecule has 2 heterocycles. The molecule has 166 valence electrons. The average Bonchev–Trinajstić information content (AvgIpc) is 3.49. The number of thiophene rings is 1. The largest absolute Gasteiger partial charge is 0.452 e. The minimum absolute atomic E-state index is 0.120. The fourth-order valence-corrected chi connectivity index (χ4v) is 3.85. The Balaban J connectivity index is 1.42. The van der Waals surface area contributed by atoms with Gasteiger partial charge in [-0.25, -0.2) is 13.9 Å². The second kappa shape index (κ2) is 10.2. The average molecular weight is 482 g/mol. The fraction of sp³-hybridized carbons (Fsp3) is 0.0417. The Morgan fingerprint density at radius 2 is 1.97 bits per heavy atom. The van der Waals surface area contributed by atoms with Gasteiger partial charge in [-0.15, -0.1) is 11.3 Å². The summed E-state index contributed by atoms with van der Waals surface area (Å²) in [6.45, 7) is -0.501. The summed E-state index contributed by atoms with van der Waals surface area (Å²) in [5.41, 5.74) is 2.63. The smallest absolute Gasteiger partial charge is 0.331 e. The van der Waals surface area contributed by atoms with E-state index < -0.39 is 24.3 Å². The number of ether oxygens (including phenoxy) is 1. The third-order valence-electron chi connectivity index (χ3n) is 4.47. The Bertz CT molecular complexity index is 1300. The van der Waals surface area contributed by atoms with E-state index in [1.165, 1.54) is 29.5 Å². The first kappa shape index (κ1) is 22.4. The van der Waals surface area contributed by atoms with Gasteiger partial charge in [-0.05, 0) is 47.9 Å². The molecule has 1 N–H and O–H groups in total. The molecule has 9 heteroatoms. The molecule has 4 rings (SSSR count). The first-order valence-corrected chi connectivity index (χ1v) is 11.0. The standard InChI is InChI=1S/C24H17ClFN3O3S/c25-19-13-17(9-10-20(19)26)27-22(30)15-32-23(31)11-8-16-14-29(18-5-2-1-3-6-18)28-24(16)21-7-4-12-33-21/h1-14H,15H2,(H,27,30). The number of benzene rings is 2. The molecule has 0 unspecified atom stereocenters. The van der Waals surface area contributed by atoms with Crippen molar-refractivity contribution in [2.24, 2.45) is 0 Å². The first-order valence-electron chi connectivity index (χ1n) is 9.78. The van der Waals surface area contributed by atoms with Crippen molar-refractivity contribution in [2.45, 2.75) is 0 Å². The Labute approximate surface area is 197 Å². The molecule has 6 nitrogen and oxygen atoms in total. The highest BCUT2D eigenvalue weighted by Crippen LogP contribution is 2.28. The maximum absolute atomic E-state index is 13.2. The van der Waals surface area contributed by atoms with Crippen LogP contribution in [-0.2, 0) is 14.3 Å². The van der Waals surface area contributed by atoms with Crippen LogP contribution in [0.25, 0.3) is 22.3 Å². The highest BCUT2D eigenvalue weighted by atomic mass is 35.5. The van der Waals surface area contributed by atoms with Gasteiger partial charge in [-0.1, -0.05) is 35.9 Å².